The third-order valence-electron chi connectivity index (χ3n) is 3.82. The molecule has 0 aliphatic heterocycles. The molecule has 2 rings (SSSR count). The fraction of sp³-hybridized carbons (Fsp3) is 0.562. The van der Waals surface area contributed by atoms with Crippen LogP contribution in [0.15, 0.2) is 18.5 Å². The molecule has 2 heterocycles. The topological polar surface area (TPSA) is 34.8 Å². The predicted octanol–water partition coefficient (Wildman–Crippen LogP) is 3.68. The molecule has 2 aromatic heterocycles. The summed E-state index contributed by atoms with van der Waals surface area (Å²) in [6, 6.07) is 2.61. The van der Waals surface area contributed by atoms with Crippen LogP contribution in [0, 0.1) is 6.92 Å². The van der Waals surface area contributed by atoms with Crippen molar-refractivity contribution < 1.29 is 0 Å². The molecule has 116 valence electrons. The molecular weight excluding hydrogens is 284 g/mol. The average Bonchev–Trinajstić information content (AvgIpc) is 3.01. The van der Waals surface area contributed by atoms with E-state index in [2.05, 4.69) is 47.3 Å². The lowest BCUT2D eigenvalue weighted by atomic mass is 10.1. The number of halogens is 1. The summed E-state index contributed by atoms with van der Waals surface area (Å²) in [4.78, 5) is 0. The van der Waals surface area contributed by atoms with Gasteiger partial charge in [-0.15, -0.1) is 0 Å². The average molecular weight is 309 g/mol. The molecule has 2 aromatic rings. The second-order valence-electron chi connectivity index (χ2n) is 5.50. The maximum Gasteiger partial charge on any atom is 0.0865 e. The standard InChI is InChI=1S/C16H25ClN4/c1-5-8-18-14(6-2)13-7-9-21(10-13)11-15-16(17)12(3)19-20(15)4/h7,9-10,14,18H,5-6,8,11H2,1-4H3. The Bertz CT molecular complexity index is 585. The Kier molecular flexibility index (Phi) is 5.48. The highest BCUT2D eigenvalue weighted by Gasteiger charge is 2.13. The summed E-state index contributed by atoms with van der Waals surface area (Å²) in [5, 5.41) is 8.71. The smallest absolute Gasteiger partial charge is 0.0865 e. The minimum Gasteiger partial charge on any atom is -0.348 e. The van der Waals surface area contributed by atoms with Gasteiger partial charge in [-0.3, -0.25) is 4.68 Å². The number of rotatable bonds is 7. The van der Waals surface area contributed by atoms with Crippen LogP contribution in [0.1, 0.15) is 49.7 Å². The van der Waals surface area contributed by atoms with Gasteiger partial charge in [-0.25, -0.2) is 0 Å². The van der Waals surface area contributed by atoms with Crippen molar-refractivity contribution in [1.82, 2.24) is 19.7 Å². The molecule has 0 aliphatic rings. The number of aromatic nitrogens is 3. The van der Waals surface area contributed by atoms with E-state index in [0.29, 0.717) is 6.04 Å². The third-order valence-corrected chi connectivity index (χ3v) is 4.31. The molecule has 0 amide bonds. The Balaban J connectivity index is 2.12. The predicted molar refractivity (Wildman–Crippen MR) is 87.8 cm³/mol. The minimum absolute atomic E-state index is 0.426. The van der Waals surface area contributed by atoms with Crippen molar-refractivity contribution in [2.75, 3.05) is 6.54 Å². The fourth-order valence-corrected chi connectivity index (χ4v) is 2.82. The SMILES string of the molecule is CCCNC(CC)c1ccn(Cc2c(Cl)c(C)nn2C)c1. The van der Waals surface area contributed by atoms with Crippen LogP contribution in [0.25, 0.3) is 0 Å². The van der Waals surface area contributed by atoms with Crippen LogP contribution in [0.3, 0.4) is 0 Å². The molecule has 5 heteroatoms. The van der Waals surface area contributed by atoms with Crippen molar-refractivity contribution in [2.45, 2.75) is 46.2 Å². The van der Waals surface area contributed by atoms with Gasteiger partial charge in [0, 0.05) is 25.5 Å². The van der Waals surface area contributed by atoms with Crippen LogP contribution < -0.4 is 5.32 Å². The molecule has 0 aromatic carbocycles. The van der Waals surface area contributed by atoms with Crippen molar-refractivity contribution in [3.05, 3.63) is 40.4 Å². The van der Waals surface area contributed by atoms with Gasteiger partial charge < -0.3 is 9.88 Å². The van der Waals surface area contributed by atoms with Gasteiger partial charge in [0.2, 0.25) is 0 Å². The molecule has 0 aliphatic carbocycles. The van der Waals surface area contributed by atoms with Gasteiger partial charge in [0.1, 0.15) is 0 Å². The highest BCUT2D eigenvalue weighted by molar-refractivity contribution is 6.31. The number of nitrogens with one attached hydrogen (secondary N) is 1. The van der Waals surface area contributed by atoms with Crippen LogP contribution in [0.4, 0.5) is 0 Å². The summed E-state index contributed by atoms with van der Waals surface area (Å²) in [5.41, 5.74) is 3.27. The summed E-state index contributed by atoms with van der Waals surface area (Å²) < 4.78 is 4.04. The summed E-state index contributed by atoms with van der Waals surface area (Å²) in [6.07, 6.45) is 6.57. The highest BCUT2D eigenvalue weighted by Crippen LogP contribution is 2.22. The lowest BCUT2D eigenvalue weighted by Crippen LogP contribution is -2.21. The van der Waals surface area contributed by atoms with E-state index in [1.54, 1.807) is 0 Å². The maximum atomic E-state index is 6.32. The lowest BCUT2D eigenvalue weighted by Gasteiger charge is -2.15. The minimum atomic E-state index is 0.426. The number of aryl methyl sites for hydroxylation is 2. The monoisotopic (exact) mass is 308 g/mol. The van der Waals surface area contributed by atoms with Crippen molar-refractivity contribution in [1.29, 1.82) is 0 Å². The Morgan fingerprint density at radius 1 is 1.38 bits per heavy atom. The second kappa shape index (κ2) is 7.14. The molecular formula is C16H25ClN4. The Labute approximate surface area is 132 Å². The van der Waals surface area contributed by atoms with E-state index in [0.717, 1.165) is 42.3 Å². The normalized spacial score (nSPS) is 12.8. The first-order valence-electron chi connectivity index (χ1n) is 7.63. The summed E-state index contributed by atoms with van der Waals surface area (Å²) in [7, 11) is 1.94. The molecule has 0 bridgehead atoms. The van der Waals surface area contributed by atoms with Crippen LogP contribution in [0.2, 0.25) is 5.02 Å². The van der Waals surface area contributed by atoms with E-state index in [1.807, 2.05) is 18.7 Å². The van der Waals surface area contributed by atoms with E-state index in [-0.39, 0.29) is 0 Å². The zero-order chi connectivity index (χ0) is 15.4. The molecule has 0 fully saturated rings. The van der Waals surface area contributed by atoms with Crippen molar-refractivity contribution in [3.8, 4) is 0 Å². The summed E-state index contributed by atoms with van der Waals surface area (Å²) >= 11 is 6.32. The van der Waals surface area contributed by atoms with E-state index in [4.69, 9.17) is 11.6 Å². The van der Waals surface area contributed by atoms with Gasteiger partial charge in [0.25, 0.3) is 0 Å². The van der Waals surface area contributed by atoms with Crippen molar-refractivity contribution >= 4 is 11.6 Å². The van der Waals surface area contributed by atoms with Gasteiger partial charge in [-0.2, -0.15) is 5.10 Å². The summed E-state index contributed by atoms with van der Waals surface area (Å²) in [6.45, 7) is 8.15. The lowest BCUT2D eigenvalue weighted by molar-refractivity contribution is 0.517. The van der Waals surface area contributed by atoms with Gasteiger partial charge in [-0.1, -0.05) is 25.4 Å². The fourth-order valence-electron chi connectivity index (χ4n) is 2.61. The van der Waals surface area contributed by atoms with E-state index >= 15 is 0 Å². The van der Waals surface area contributed by atoms with Gasteiger partial charge in [0.15, 0.2) is 0 Å². The molecule has 0 radical (unpaired) electrons. The largest absolute Gasteiger partial charge is 0.348 e. The number of hydrogen-bond donors (Lipinski definition) is 1. The Morgan fingerprint density at radius 2 is 2.14 bits per heavy atom. The maximum absolute atomic E-state index is 6.32. The Hall–Kier alpha value is -1.26. The van der Waals surface area contributed by atoms with Gasteiger partial charge >= 0.3 is 0 Å². The first-order chi connectivity index (χ1) is 10.1. The van der Waals surface area contributed by atoms with E-state index < -0.39 is 0 Å². The molecule has 0 saturated heterocycles. The first-order valence-corrected chi connectivity index (χ1v) is 8.01. The quantitative estimate of drug-likeness (QED) is 0.846. The zero-order valence-corrected chi connectivity index (χ0v) is 14.1. The van der Waals surface area contributed by atoms with Crippen LogP contribution >= 0.6 is 11.6 Å². The van der Waals surface area contributed by atoms with Gasteiger partial charge in [-0.05, 0) is 37.9 Å². The van der Waals surface area contributed by atoms with E-state index in [1.165, 1.54) is 5.56 Å². The molecule has 1 unspecified atom stereocenters. The van der Waals surface area contributed by atoms with Crippen LogP contribution in [-0.2, 0) is 13.6 Å². The Morgan fingerprint density at radius 3 is 2.71 bits per heavy atom. The van der Waals surface area contributed by atoms with Crippen LogP contribution in [0.5, 0.6) is 0 Å². The molecule has 1 atom stereocenters. The molecule has 0 spiro atoms. The highest BCUT2D eigenvalue weighted by atomic mass is 35.5. The second-order valence-corrected chi connectivity index (χ2v) is 5.88. The zero-order valence-electron chi connectivity index (χ0n) is 13.4. The molecule has 21 heavy (non-hydrogen) atoms. The number of hydrogen-bond acceptors (Lipinski definition) is 2. The number of nitrogens with zero attached hydrogens (tertiary/aromatic N) is 3. The summed E-state index contributed by atoms with van der Waals surface area (Å²) in [5.74, 6) is 0. The van der Waals surface area contributed by atoms with Crippen LogP contribution in [-0.4, -0.2) is 20.9 Å². The van der Waals surface area contributed by atoms with E-state index in [9.17, 15) is 0 Å². The first kappa shape index (κ1) is 16.1. The molecule has 0 saturated carbocycles. The molecule has 4 nitrogen and oxygen atoms in total. The van der Waals surface area contributed by atoms with Crippen molar-refractivity contribution in [3.63, 3.8) is 0 Å². The molecule has 1 N–H and O–H groups in total. The third kappa shape index (κ3) is 3.69. The van der Waals surface area contributed by atoms with Gasteiger partial charge in [0.05, 0.1) is 23.0 Å². The van der Waals surface area contributed by atoms with Crippen molar-refractivity contribution in [2.24, 2.45) is 7.05 Å².